The first-order valence-electron chi connectivity index (χ1n) is 8.68. The van der Waals surface area contributed by atoms with Gasteiger partial charge in [-0.15, -0.1) is 0 Å². The summed E-state index contributed by atoms with van der Waals surface area (Å²) in [4.78, 5) is 10.9. The van der Waals surface area contributed by atoms with Crippen LogP contribution >= 0.6 is 0 Å². The van der Waals surface area contributed by atoms with Crippen molar-refractivity contribution in [3.05, 3.63) is 36.4 Å². The summed E-state index contributed by atoms with van der Waals surface area (Å²) in [5.41, 5.74) is 1.11. The highest BCUT2D eigenvalue weighted by Gasteiger charge is 1.99. The maximum atomic E-state index is 10.9. The average molecular weight is 318 g/mol. The van der Waals surface area contributed by atoms with E-state index in [0.717, 1.165) is 37.2 Å². The van der Waals surface area contributed by atoms with Crippen LogP contribution in [0.4, 0.5) is 0 Å². The summed E-state index contributed by atoms with van der Waals surface area (Å²) in [6, 6.07) is 8.02. The lowest BCUT2D eigenvalue weighted by atomic mass is 10.1. The van der Waals surface area contributed by atoms with Crippen molar-refractivity contribution < 1.29 is 14.3 Å². The molecule has 3 heteroatoms. The fraction of sp³-hybridized carbons (Fsp3) is 0.550. The smallest absolute Gasteiger partial charge is 0.305 e. The second-order valence-corrected chi connectivity index (χ2v) is 5.78. The first kappa shape index (κ1) is 19.3. The van der Waals surface area contributed by atoms with E-state index in [1.54, 1.807) is 0 Å². The van der Waals surface area contributed by atoms with E-state index in [2.05, 4.69) is 11.3 Å². The number of methoxy groups -OCH3 is 1. The van der Waals surface area contributed by atoms with E-state index in [9.17, 15) is 4.79 Å². The van der Waals surface area contributed by atoms with Crippen molar-refractivity contribution in [2.45, 2.75) is 57.8 Å². The zero-order valence-electron chi connectivity index (χ0n) is 14.4. The van der Waals surface area contributed by atoms with E-state index in [1.165, 1.54) is 39.2 Å². The van der Waals surface area contributed by atoms with Crippen LogP contribution in [0.1, 0.15) is 63.4 Å². The Kier molecular flexibility index (Phi) is 10.7. The van der Waals surface area contributed by atoms with Crippen molar-refractivity contribution >= 4 is 12.0 Å². The van der Waals surface area contributed by atoms with Gasteiger partial charge in [0.15, 0.2) is 0 Å². The summed E-state index contributed by atoms with van der Waals surface area (Å²) < 4.78 is 10.3. The molecule has 1 aromatic rings. The number of benzene rings is 1. The number of esters is 1. The number of rotatable bonds is 13. The molecule has 0 unspecified atom stereocenters. The van der Waals surface area contributed by atoms with Gasteiger partial charge < -0.3 is 9.47 Å². The summed E-state index contributed by atoms with van der Waals surface area (Å²) in [6.07, 6.45) is 11.8. The van der Waals surface area contributed by atoms with Crippen molar-refractivity contribution in [3.8, 4) is 5.75 Å². The lowest BCUT2D eigenvalue weighted by molar-refractivity contribution is -0.140. The van der Waals surface area contributed by atoms with Gasteiger partial charge in [0, 0.05) is 6.42 Å². The maximum absolute atomic E-state index is 10.9. The number of unbranched alkanes of at least 4 members (excludes halogenated alkanes) is 7. The fourth-order valence-electron chi connectivity index (χ4n) is 2.42. The Balaban J connectivity index is 1.87. The van der Waals surface area contributed by atoms with E-state index >= 15 is 0 Å². The van der Waals surface area contributed by atoms with E-state index in [1.807, 2.05) is 30.3 Å². The number of hydrogen-bond acceptors (Lipinski definition) is 3. The molecule has 0 N–H and O–H groups in total. The van der Waals surface area contributed by atoms with Crippen LogP contribution in [0.25, 0.3) is 6.08 Å². The van der Waals surface area contributed by atoms with Crippen LogP contribution < -0.4 is 4.74 Å². The van der Waals surface area contributed by atoms with Gasteiger partial charge in [-0.2, -0.15) is 0 Å². The molecule has 0 heterocycles. The zero-order chi connectivity index (χ0) is 16.8. The van der Waals surface area contributed by atoms with Crippen LogP contribution in [0.15, 0.2) is 30.8 Å². The van der Waals surface area contributed by atoms with Crippen molar-refractivity contribution in [2.75, 3.05) is 13.7 Å². The van der Waals surface area contributed by atoms with E-state index in [4.69, 9.17) is 4.74 Å². The molecule has 23 heavy (non-hydrogen) atoms. The minimum Gasteiger partial charge on any atom is -0.494 e. The average Bonchev–Trinajstić information content (AvgIpc) is 2.59. The molecular weight excluding hydrogens is 288 g/mol. The topological polar surface area (TPSA) is 35.5 Å². The van der Waals surface area contributed by atoms with Gasteiger partial charge in [-0.25, -0.2) is 0 Å². The molecule has 0 aliphatic rings. The van der Waals surface area contributed by atoms with Gasteiger partial charge >= 0.3 is 5.97 Å². The lowest BCUT2D eigenvalue weighted by Crippen LogP contribution is -1.99. The number of carbonyl (C=O) groups is 1. The molecule has 128 valence electrons. The molecule has 0 bridgehead atoms. The van der Waals surface area contributed by atoms with Crippen LogP contribution in [0.3, 0.4) is 0 Å². The highest BCUT2D eigenvalue weighted by atomic mass is 16.5. The van der Waals surface area contributed by atoms with E-state index < -0.39 is 0 Å². The van der Waals surface area contributed by atoms with Crippen molar-refractivity contribution in [1.29, 1.82) is 0 Å². The predicted molar refractivity (Wildman–Crippen MR) is 95.6 cm³/mol. The first-order chi connectivity index (χ1) is 11.3. The Labute approximate surface area is 140 Å². The van der Waals surface area contributed by atoms with Crippen LogP contribution in [0.5, 0.6) is 5.75 Å². The largest absolute Gasteiger partial charge is 0.494 e. The summed E-state index contributed by atoms with van der Waals surface area (Å²) in [7, 11) is 1.45. The third-order valence-electron chi connectivity index (χ3n) is 3.89. The monoisotopic (exact) mass is 318 g/mol. The molecular formula is C20H30O3. The van der Waals surface area contributed by atoms with Gasteiger partial charge in [0.25, 0.3) is 0 Å². The minimum atomic E-state index is -0.0934. The Morgan fingerprint density at radius 3 is 2.09 bits per heavy atom. The van der Waals surface area contributed by atoms with Crippen molar-refractivity contribution in [3.63, 3.8) is 0 Å². The van der Waals surface area contributed by atoms with Crippen LogP contribution in [0.2, 0.25) is 0 Å². The van der Waals surface area contributed by atoms with Gasteiger partial charge in [0.1, 0.15) is 5.75 Å². The fourth-order valence-corrected chi connectivity index (χ4v) is 2.42. The number of hydrogen-bond donors (Lipinski definition) is 0. The summed E-state index contributed by atoms with van der Waals surface area (Å²) in [5, 5.41) is 0. The Bertz CT molecular complexity index is 437. The normalized spacial score (nSPS) is 10.3. The maximum Gasteiger partial charge on any atom is 0.305 e. The third-order valence-corrected chi connectivity index (χ3v) is 3.89. The molecule has 0 aromatic heterocycles. The molecule has 3 nitrogen and oxygen atoms in total. The summed E-state index contributed by atoms with van der Waals surface area (Å²) in [5.74, 6) is 0.838. The number of carbonyl (C=O) groups excluding carboxylic acids is 1. The lowest BCUT2D eigenvalue weighted by Gasteiger charge is -2.06. The van der Waals surface area contributed by atoms with E-state index in [0.29, 0.717) is 6.42 Å². The highest BCUT2D eigenvalue weighted by molar-refractivity contribution is 5.68. The van der Waals surface area contributed by atoms with Crippen molar-refractivity contribution in [2.24, 2.45) is 0 Å². The van der Waals surface area contributed by atoms with Gasteiger partial charge in [-0.3, -0.25) is 4.79 Å². The Morgan fingerprint density at radius 1 is 0.957 bits per heavy atom. The second kappa shape index (κ2) is 12.7. The Morgan fingerprint density at radius 2 is 1.52 bits per heavy atom. The van der Waals surface area contributed by atoms with Gasteiger partial charge in [0.2, 0.25) is 0 Å². The SMILES string of the molecule is C=Cc1ccc(OCCCCCCCCCCC(=O)OC)cc1. The molecule has 0 saturated heterocycles. The Hall–Kier alpha value is -1.77. The molecule has 1 rings (SSSR count). The van der Waals surface area contributed by atoms with Gasteiger partial charge in [0.05, 0.1) is 13.7 Å². The summed E-state index contributed by atoms with van der Waals surface area (Å²) in [6.45, 7) is 4.52. The molecule has 0 radical (unpaired) electrons. The third kappa shape index (κ3) is 9.77. The molecule has 0 aliphatic carbocycles. The highest BCUT2D eigenvalue weighted by Crippen LogP contribution is 2.14. The summed E-state index contributed by atoms with van der Waals surface area (Å²) >= 11 is 0. The molecule has 0 spiro atoms. The minimum absolute atomic E-state index is 0.0934. The van der Waals surface area contributed by atoms with Crippen LogP contribution in [-0.4, -0.2) is 19.7 Å². The molecule has 1 aromatic carbocycles. The second-order valence-electron chi connectivity index (χ2n) is 5.78. The quantitative estimate of drug-likeness (QED) is 0.361. The van der Waals surface area contributed by atoms with Crippen molar-refractivity contribution in [1.82, 2.24) is 0 Å². The molecule has 0 aliphatic heterocycles. The van der Waals surface area contributed by atoms with Gasteiger partial charge in [-0.05, 0) is 30.5 Å². The standard InChI is InChI=1S/C20H30O3/c1-3-18-13-15-19(16-14-18)23-17-11-9-7-5-4-6-8-10-12-20(21)22-2/h3,13-16H,1,4-12,17H2,2H3. The zero-order valence-corrected chi connectivity index (χ0v) is 14.4. The molecule has 0 saturated carbocycles. The molecule has 0 amide bonds. The van der Waals surface area contributed by atoms with Crippen LogP contribution in [0, 0.1) is 0 Å². The predicted octanol–water partition coefficient (Wildman–Crippen LogP) is 5.39. The molecule has 0 atom stereocenters. The van der Waals surface area contributed by atoms with Crippen LogP contribution in [-0.2, 0) is 9.53 Å². The number of ether oxygens (including phenoxy) is 2. The van der Waals surface area contributed by atoms with E-state index in [-0.39, 0.29) is 5.97 Å². The molecule has 0 fully saturated rings. The first-order valence-corrected chi connectivity index (χ1v) is 8.68. The van der Waals surface area contributed by atoms with Gasteiger partial charge in [-0.1, -0.05) is 63.3 Å².